The highest BCUT2D eigenvalue weighted by atomic mass is 19.1. The van der Waals surface area contributed by atoms with E-state index in [9.17, 15) is 9.18 Å². The molecule has 3 nitrogen and oxygen atoms in total. The summed E-state index contributed by atoms with van der Waals surface area (Å²) in [6, 6.07) is 7.27. The Hall–Kier alpha value is -1.58. The number of fused-ring (bicyclic) bond motifs is 1. The molecule has 0 aliphatic carbocycles. The summed E-state index contributed by atoms with van der Waals surface area (Å²) in [6.07, 6.45) is 2.65. The van der Waals surface area contributed by atoms with Crippen molar-refractivity contribution >= 4 is 11.6 Å². The molecule has 0 radical (unpaired) electrons. The Bertz CT molecular complexity index is 555. The number of nitrogens with zero attached hydrogens (tertiary/aromatic N) is 2. The summed E-state index contributed by atoms with van der Waals surface area (Å²) in [7, 11) is 0. The standard InChI is InChI=1S/C18H25FN2O/c1-4-17(22)20-10-9-16-13(12-20)11-18(2,3)21(16)15-7-5-14(19)6-8-15/h5-8,13,16H,4,9-12H2,1-3H3/t13-,16+/m1/s1. The number of hydrogen-bond donors (Lipinski definition) is 0. The second kappa shape index (κ2) is 5.56. The number of carbonyl (C=O) groups is 1. The van der Waals surface area contributed by atoms with Gasteiger partial charge in [-0.1, -0.05) is 6.92 Å². The molecule has 2 fully saturated rings. The third kappa shape index (κ3) is 2.59. The minimum atomic E-state index is -0.194. The van der Waals surface area contributed by atoms with Gasteiger partial charge in [0.1, 0.15) is 5.82 Å². The first-order chi connectivity index (χ1) is 10.4. The van der Waals surface area contributed by atoms with Crippen molar-refractivity contribution in [1.29, 1.82) is 0 Å². The predicted octanol–water partition coefficient (Wildman–Crippen LogP) is 3.44. The number of likely N-dealkylation sites (tertiary alicyclic amines) is 1. The summed E-state index contributed by atoms with van der Waals surface area (Å²) in [6.45, 7) is 8.12. The monoisotopic (exact) mass is 304 g/mol. The molecular weight excluding hydrogens is 279 g/mol. The Morgan fingerprint density at radius 3 is 2.64 bits per heavy atom. The fraction of sp³-hybridized carbons (Fsp3) is 0.611. The van der Waals surface area contributed by atoms with E-state index in [2.05, 4.69) is 18.7 Å². The normalized spacial score (nSPS) is 26.9. The van der Waals surface area contributed by atoms with Crippen LogP contribution in [0, 0.1) is 11.7 Å². The van der Waals surface area contributed by atoms with Crippen molar-refractivity contribution in [3.8, 4) is 0 Å². The van der Waals surface area contributed by atoms with Gasteiger partial charge in [-0.05, 0) is 56.9 Å². The van der Waals surface area contributed by atoms with Crippen LogP contribution in [0.15, 0.2) is 24.3 Å². The van der Waals surface area contributed by atoms with E-state index >= 15 is 0 Å². The molecule has 0 spiro atoms. The van der Waals surface area contributed by atoms with Gasteiger partial charge in [-0.3, -0.25) is 4.79 Å². The Morgan fingerprint density at radius 1 is 1.32 bits per heavy atom. The lowest BCUT2D eigenvalue weighted by Crippen LogP contribution is -2.50. The predicted molar refractivity (Wildman–Crippen MR) is 86.3 cm³/mol. The highest BCUT2D eigenvalue weighted by Crippen LogP contribution is 2.44. The number of anilines is 1. The maximum Gasteiger partial charge on any atom is 0.222 e. The third-order valence-corrected chi connectivity index (χ3v) is 5.20. The molecule has 1 amide bonds. The molecule has 0 N–H and O–H groups in total. The van der Waals surface area contributed by atoms with Gasteiger partial charge in [0, 0.05) is 36.8 Å². The van der Waals surface area contributed by atoms with Crippen molar-refractivity contribution in [3.63, 3.8) is 0 Å². The minimum Gasteiger partial charge on any atom is -0.363 e. The van der Waals surface area contributed by atoms with E-state index in [1.165, 1.54) is 12.1 Å². The van der Waals surface area contributed by atoms with Gasteiger partial charge < -0.3 is 9.80 Å². The summed E-state index contributed by atoms with van der Waals surface area (Å²) in [5.74, 6) is 0.571. The molecule has 120 valence electrons. The molecular formula is C18H25FN2O. The van der Waals surface area contributed by atoms with Gasteiger partial charge in [0.15, 0.2) is 0 Å². The van der Waals surface area contributed by atoms with E-state index in [1.54, 1.807) is 0 Å². The maximum atomic E-state index is 13.2. The number of benzene rings is 1. The maximum absolute atomic E-state index is 13.2. The fourth-order valence-corrected chi connectivity index (χ4v) is 4.34. The molecule has 2 atom stereocenters. The van der Waals surface area contributed by atoms with E-state index in [0.29, 0.717) is 18.4 Å². The minimum absolute atomic E-state index is 0.0401. The molecule has 3 rings (SSSR count). The van der Waals surface area contributed by atoms with Gasteiger partial charge in [0.25, 0.3) is 0 Å². The molecule has 0 bridgehead atoms. The largest absolute Gasteiger partial charge is 0.363 e. The summed E-state index contributed by atoms with van der Waals surface area (Å²) in [4.78, 5) is 16.4. The van der Waals surface area contributed by atoms with Crippen LogP contribution in [-0.2, 0) is 4.79 Å². The van der Waals surface area contributed by atoms with Gasteiger partial charge in [-0.15, -0.1) is 0 Å². The molecule has 2 aliphatic heterocycles. The number of carbonyl (C=O) groups excluding carboxylic acids is 1. The average Bonchev–Trinajstić information content (AvgIpc) is 2.76. The van der Waals surface area contributed by atoms with E-state index in [4.69, 9.17) is 0 Å². The zero-order chi connectivity index (χ0) is 15.9. The van der Waals surface area contributed by atoms with Crippen LogP contribution in [0.2, 0.25) is 0 Å². The van der Waals surface area contributed by atoms with Crippen molar-refractivity contribution in [2.24, 2.45) is 5.92 Å². The molecule has 0 saturated carbocycles. The van der Waals surface area contributed by atoms with E-state index < -0.39 is 0 Å². The van der Waals surface area contributed by atoms with Crippen molar-refractivity contribution in [3.05, 3.63) is 30.1 Å². The summed E-state index contributed by atoms with van der Waals surface area (Å²) >= 11 is 0. The van der Waals surface area contributed by atoms with Gasteiger partial charge in [-0.25, -0.2) is 4.39 Å². The molecule has 4 heteroatoms. The zero-order valence-electron chi connectivity index (χ0n) is 13.7. The highest BCUT2D eigenvalue weighted by molar-refractivity contribution is 5.76. The lowest BCUT2D eigenvalue weighted by Gasteiger charge is -2.41. The summed E-state index contributed by atoms with van der Waals surface area (Å²) < 4.78 is 13.2. The lowest BCUT2D eigenvalue weighted by atomic mass is 9.89. The fourth-order valence-electron chi connectivity index (χ4n) is 4.34. The molecule has 22 heavy (non-hydrogen) atoms. The summed E-state index contributed by atoms with van der Waals surface area (Å²) in [5.41, 5.74) is 1.13. The van der Waals surface area contributed by atoms with Gasteiger partial charge >= 0.3 is 0 Å². The average molecular weight is 304 g/mol. The molecule has 0 unspecified atom stereocenters. The summed E-state index contributed by atoms with van der Waals surface area (Å²) in [5, 5.41) is 0. The molecule has 2 aliphatic rings. The smallest absolute Gasteiger partial charge is 0.222 e. The van der Waals surface area contributed by atoms with Crippen LogP contribution in [0.5, 0.6) is 0 Å². The Morgan fingerprint density at radius 2 is 2.00 bits per heavy atom. The molecule has 2 heterocycles. The first-order valence-electron chi connectivity index (χ1n) is 8.25. The van der Waals surface area contributed by atoms with Crippen LogP contribution in [0.1, 0.15) is 40.0 Å². The zero-order valence-corrected chi connectivity index (χ0v) is 13.7. The van der Waals surface area contributed by atoms with Crippen LogP contribution < -0.4 is 4.90 Å². The van der Waals surface area contributed by atoms with E-state index in [1.807, 2.05) is 24.0 Å². The van der Waals surface area contributed by atoms with Crippen LogP contribution in [0.25, 0.3) is 0 Å². The first kappa shape index (κ1) is 15.3. The number of hydrogen-bond acceptors (Lipinski definition) is 2. The number of amides is 1. The lowest BCUT2D eigenvalue weighted by molar-refractivity contribution is -0.132. The van der Waals surface area contributed by atoms with Gasteiger partial charge in [0.05, 0.1) is 0 Å². The topological polar surface area (TPSA) is 23.6 Å². The van der Waals surface area contributed by atoms with Crippen molar-refractivity contribution in [1.82, 2.24) is 4.90 Å². The van der Waals surface area contributed by atoms with E-state index in [0.717, 1.165) is 31.6 Å². The first-order valence-corrected chi connectivity index (χ1v) is 8.25. The Balaban J connectivity index is 1.84. The third-order valence-electron chi connectivity index (χ3n) is 5.20. The quantitative estimate of drug-likeness (QED) is 0.835. The van der Waals surface area contributed by atoms with E-state index in [-0.39, 0.29) is 17.3 Å². The SMILES string of the molecule is CCC(=O)N1CC[C@H]2[C@@H](C1)CC(C)(C)N2c1ccc(F)cc1. The van der Waals surface area contributed by atoms with Crippen molar-refractivity contribution in [2.45, 2.75) is 51.6 Å². The molecule has 0 aromatic heterocycles. The van der Waals surface area contributed by atoms with Crippen LogP contribution in [0.4, 0.5) is 10.1 Å². The molecule has 1 aromatic rings. The number of rotatable bonds is 2. The van der Waals surface area contributed by atoms with Gasteiger partial charge in [0.2, 0.25) is 5.91 Å². The van der Waals surface area contributed by atoms with Crippen LogP contribution >= 0.6 is 0 Å². The molecule has 1 aromatic carbocycles. The number of halogens is 1. The second-order valence-corrected chi connectivity index (χ2v) is 7.17. The molecule has 2 saturated heterocycles. The number of piperidine rings is 1. The highest BCUT2D eigenvalue weighted by Gasteiger charge is 2.48. The Labute approximate surface area is 132 Å². The van der Waals surface area contributed by atoms with Crippen LogP contribution in [-0.4, -0.2) is 35.5 Å². The van der Waals surface area contributed by atoms with Gasteiger partial charge in [-0.2, -0.15) is 0 Å². The Kier molecular flexibility index (Phi) is 3.87. The van der Waals surface area contributed by atoms with Crippen molar-refractivity contribution < 1.29 is 9.18 Å². The van der Waals surface area contributed by atoms with Crippen LogP contribution in [0.3, 0.4) is 0 Å². The van der Waals surface area contributed by atoms with Crippen molar-refractivity contribution in [2.75, 3.05) is 18.0 Å². The second-order valence-electron chi connectivity index (χ2n) is 7.17.